The van der Waals surface area contributed by atoms with E-state index in [4.69, 9.17) is 4.52 Å². The molecule has 0 atom stereocenters. The highest BCUT2D eigenvalue weighted by atomic mass is 32.2. The lowest BCUT2D eigenvalue weighted by Gasteiger charge is -2.30. The van der Waals surface area contributed by atoms with E-state index in [1.807, 2.05) is 29.2 Å². The molecule has 2 saturated heterocycles. The molecular weight excluding hydrogens is 432 g/mol. The van der Waals surface area contributed by atoms with E-state index in [0.29, 0.717) is 37.2 Å². The van der Waals surface area contributed by atoms with Crippen LogP contribution in [0.4, 0.5) is 5.69 Å². The molecule has 1 aromatic heterocycles. The minimum Gasteiger partial charge on any atom is -0.360 e. The molecule has 0 aliphatic carbocycles. The van der Waals surface area contributed by atoms with E-state index in [9.17, 15) is 18.0 Å². The Kier molecular flexibility index (Phi) is 6.34. The predicted molar refractivity (Wildman–Crippen MR) is 117 cm³/mol. The van der Waals surface area contributed by atoms with Gasteiger partial charge in [-0.2, -0.15) is 4.31 Å². The van der Waals surface area contributed by atoms with Crippen LogP contribution in [0.25, 0.3) is 0 Å². The second kappa shape index (κ2) is 9.03. The van der Waals surface area contributed by atoms with Crippen molar-refractivity contribution < 1.29 is 22.5 Å². The molecule has 9 nitrogen and oxygen atoms in total. The van der Waals surface area contributed by atoms with Gasteiger partial charge in [0.15, 0.2) is 5.76 Å². The van der Waals surface area contributed by atoms with Crippen LogP contribution >= 0.6 is 0 Å². The summed E-state index contributed by atoms with van der Waals surface area (Å²) in [4.78, 5) is 26.6. The molecular formula is C22H28N4O5S. The zero-order valence-electron chi connectivity index (χ0n) is 18.3. The van der Waals surface area contributed by atoms with Gasteiger partial charge in [0.25, 0.3) is 0 Å². The molecule has 2 fully saturated rings. The Morgan fingerprint density at radius 2 is 1.97 bits per heavy atom. The van der Waals surface area contributed by atoms with Gasteiger partial charge in [-0.05, 0) is 50.8 Å². The summed E-state index contributed by atoms with van der Waals surface area (Å²) in [6.45, 7) is 5.03. The topological polar surface area (TPSA) is 113 Å². The lowest BCUT2D eigenvalue weighted by Crippen LogP contribution is -2.41. The third kappa shape index (κ3) is 4.56. The molecule has 0 unspecified atom stereocenters. The molecule has 0 bridgehead atoms. The van der Waals surface area contributed by atoms with Crippen LogP contribution in [0.3, 0.4) is 0 Å². The molecule has 2 aliphatic heterocycles. The van der Waals surface area contributed by atoms with Crippen LogP contribution in [-0.2, 0) is 26.2 Å². The summed E-state index contributed by atoms with van der Waals surface area (Å²) in [7, 11) is -3.70. The van der Waals surface area contributed by atoms with Crippen molar-refractivity contribution in [3.05, 3.63) is 41.3 Å². The number of nitrogens with zero attached hydrogens (tertiary/aromatic N) is 3. The molecule has 2 amide bonds. The number of carbonyl (C=O) groups excluding carboxylic acids is 2. The number of rotatable bonds is 6. The summed E-state index contributed by atoms with van der Waals surface area (Å²) in [5.41, 5.74) is 2.00. The van der Waals surface area contributed by atoms with E-state index >= 15 is 0 Å². The van der Waals surface area contributed by atoms with E-state index in [2.05, 4.69) is 10.5 Å². The molecule has 2 aromatic rings. The first-order chi connectivity index (χ1) is 15.3. The predicted octanol–water partition coefficient (Wildman–Crippen LogP) is 2.45. The fourth-order valence-corrected chi connectivity index (χ4v) is 6.17. The summed E-state index contributed by atoms with van der Waals surface area (Å²) < 4.78 is 32.3. The SMILES string of the molecule is Cc1noc(C)c1S(=O)(=O)N1CCC(C(=O)Nc2cccc(CN3CCCC3=O)c2)CC1. The Balaban J connectivity index is 1.35. The van der Waals surface area contributed by atoms with Crippen LogP contribution in [0.15, 0.2) is 33.7 Å². The highest BCUT2D eigenvalue weighted by Gasteiger charge is 2.35. The maximum Gasteiger partial charge on any atom is 0.248 e. The van der Waals surface area contributed by atoms with Crippen LogP contribution < -0.4 is 5.32 Å². The zero-order valence-corrected chi connectivity index (χ0v) is 19.2. The Morgan fingerprint density at radius 3 is 2.59 bits per heavy atom. The molecule has 2 aliphatic rings. The average Bonchev–Trinajstić information content (AvgIpc) is 3.33. The minimum atomic E-state index is -3.70. The smallest absolute Gasteiger partial charge is 0.248 e. The first-order valence-electron chi connectivity index (χ1n) is 10.9. The highest BCUT2D eigenvalue weighted by Crippen LogP contribution is 2.28. The number of amides is 2. The molecule has 172 valence electrons. The van der Waals surface area contributed by atoms with Gasteiger partial charge in [0.1, 0.15) is 10.6 Å². The molecule has 0 radical (unpaired) electrons. The van der Waals surface area contributed by atoms with Gasteiger partial charge < -0.3 is 14.7 Å². The number of hydrogen-bond donors (Lipinski definition) is 1. The number of likely N-dealkylation sites (tertiary alicyclic amines) is 1. The van der Waals surface area contributed by atoms with Crippen LogP contribution in [0.2, 0.25) is 0 Å². The largest absolute Gasteiger partial charge is 0.360 e. The number of anilines is 1. The second-order valence-corrected chi connectivity index (χ2v) is 10.3. The third-order valence-electron chi connectivity index (χ3n) is 6.13. The lowest BCUT2D eigenvalue weighted by molar-refractivity contribution is -0.128. The van der Waals surface area contributed by atoms with E-state index in [-0.39, 0.29) is 41.5 Å². The number of aromatic nitrogens is 1. The molecule has 4 rings (SSSR count). The Bertz CT molecular complexity index is 1100. The molecule has 3 heterocycles. The second-order valence-electron chi connectivity index (χ2n) is 8.44. The summed E-state index contributed by atoms with van der Waals surface area (Å²) in [5, 5.41) is 6.70. The van der Waals surface area contributed by atoms with Crippen molar-refractivity contribution in [1.29, 1.82) is 0 Å². The van der Waals surface area contributed by atoms with Crippen LogP contribution in [0, 0.1) is 19.8 Å². The van der Waals surface area contributed by atoms with Crippen LogP contribution in [0.5, 0.6) is 0 Å². The number of sulfonamides is 1. The van der Waals surface area contributed by atoms with Gasteiger partial charge in [-0.25, -0.2) is 8.42 Å². The van der Waals surface area contributed by atoms with E-state index in [1.54, 1.807) is 13.8 Å². The summed E-state index contributed by atoms with van der Waals surface area (Å²) in [6, 6.07) is 7.52. The van der Waals surface area contributed by atoms with Gasteiger partial charge in [0.2, 0.25) is 21.8 Å². The van der Waals surface area contributed by atoms with Gasteiger partial charge in [-0.15, -0.1) is 0 Å². The Labute approximate surface area is 187 Å². The molecule has 0 saturated carbocycles. The number of piperidine rings is 1. The minimum absolute atomic E-state index is 0.117. The van der Waals surface area contributed by atoms with E-state index in [1.165, 1.54) is 4.31 Å². The van der Waals surface area contributed by atoms with Crippen molar-refractivity contribution >= 4 is 27.5 Å². The van der Waals surface area contributed by atoms with Crippen molar-refractivity contribution in [2.24, 2.45) is 5.92 Å². The van der Waals surface area contributed by atoms with Crippen molar-refractivity contribution in [1.82, 2.24) is 14.4 Å². The Hall–Kier alpha value is -2.72. The summed E-state index contributed by atoms with van der Waals surface area (Å²) in [6.07, 6.45) is 2.37. The number of hydrogen-bond acceptors (Lipinski definition) is 6. The summed E-state index contributed by atoms with van der Waals surface area (Å²) >= 11 is 0. The van der Waals surface area contributed by atoms with E-state index < -0.39 is 10.0 Å². The van der Waals surface area contributed by atoms with Crippen molar-refractivity contribution in [3.8, 4) is 0 Å². The first kappa shape index (κ1) is 22.5. The third-order valence-corrected chi connectivity index (χ3v) is 8.27. The number of benzene rings is 1. The normalized spacial score (nSPS) is 18.3. The van der Waals surface area contributed by atoms with Gasteiger partial charge in [-0.1, -0.05) is 17.3 Å². The van der Waals surface area contributed by atoms with Crippen molar-refractivity contribution in [2.45, 2.75) is 51.0 Å². The highest BCUT2D eigenvalue weighted by molar-refractivity contribution is 7.89. The van der Waals surface area contributed by atoms with Gasteiger partial charge in [-0.3, -0.25) is 9.59 Å². The van der Waals surface area contributed by atoms with Gasteiger partial charge in [0, 0.05) is 44.2 Å². The molecule has 1 N–H and O–H groups in total. The number of carbonyl (C=O) groups is 2. The number of aryl methyl sites for hydroxylation is 2. The summed E-state index contributed by atoms with van der Waals surface area (Å²) in [5.74, 6) is 0.0549. The molecule has 10 heteroatoms. The molecule has 32 heavy (non-hydrogen) atoms. The molecule has 1 aromatic carbocycles. The quantitative estimate of drug-likeness (QED) is 0.709. The lowest BCUT2D eigenvalue weighted by atomic mass is 9.97. The van der Waals surface area contributed by atoms with Crippen LogP contribution in [-0.4, -0.2) is 54.2 Å². The van der Waals surface area contributed by atoms with Crippen LogP contribution in [0.1, 0.15) is 42.7 Å². The van der Waals surface area contributed by atoms with Crippen molar-refractivity contribution in [2.75, 3.05) is 25.0 Å². The standard InChI is InChI=1S/C22H28N4O5S/c1-15-21(16(2)31-24-15)32(29,30)26-11-8-18(9-12-26)22(28)23-19-6-3-5-17(13-19)14-25-10-4-7-20(25)27/h3,5-6,13,18H,4,7-12,14H2,1-2H3,(H,23,28). The number of nitrogens with one attached hydrogen (secondary N) is 1. The fraction of sp³-hybridized carbons (Fsp3) is 0.500. The monoisotopic (exact) mass is 460 g/mol. The fourth-order valence-electron chi connectivity index (χ4n) is 4.41. The zero-order chi connectivity index (χ0) is 22.9. The maximum atomic E-state index is 13.0. The van der Waals surface area contributed by atoms with Crippen molar-refractivity contribution in [3.63, 3.8) is 0 Å². The first-order valence-corrected chi connectivity index (χ1v) is 12.3. The Morgan fingerprint density at radius 1 is 1.22 bits per heavy atom. The average molecular weight is 461 g/mol. The van der Waals surface area contributed by atoms with Gasteiger partial charge in [0.05, 0.1) is 0 Å². The van der Waals surface area contributed by atoms with Gasteiger partial charge >= 0.3 is 0 Å². The molecule has 0 spiro atoms. The van der Waals surface area contributed by atoms with E-state index in [0.717, 1.165) is 18.5 Å². The maximum absolute atomic E-state index is 13.0.